The summed E-state index contributed by atoms with van der Waals surface area (Å²) in [4.78, 5) is 12.3. The van der Waals surface area contributed by atoms with Gasteiger partial charge in [0.05, 0.1) is 4.90 Å². The molecule has 0 spiro atoms. The molecular weight excluding hydrogens is 404 g/mol. The van der Waals surface area contributed by atoms with Gasteiger partial charge in [-0.05, 0) is 37.6 Å². The highest BCUT2D eigenvalue weighted by atomic mass is 79.9. The van der Waals surface area contributed by atoms with Gasteiger partial charge in [-0.15, -0.1) is 10.2 Å². The molecule has 1 atom stereocenters. The summed E-state index contributed by atoms with van der Waals surface area (Å²) in [7, 11) is -3.78. The van der Waals surface area contributed by atoms with E-state index in [0.717, 1.165) is 4.47 Å². The highest BCUT2D eigenvalue weighted by Gasteiger charge is 2.25. The van der Waals surface area contributed by atoms with E-state index in [4.69, 9.17) is 0 Å². The zero-order valence-corrected chi connectivity index (χ0v) is 15.6. The summed E-state index contributed by atoms with van der Waals surface area (Å²) in [6.07, 6.45) is 0.305. The van der Waals surface area contributed by atoms with E-state index in [1.807, 2.05) is 0 Å². The first-order valence-corrected chi connectivity index (χ1v) is 9.80. The molecule has 1 aromatic carbocycles. The number of amides is 1. The fourth-order valence-electron chi connectivity index (χ4n) is 1.73. The van der Waals surface area contributed by atoms with Crippen LogP contribution in [0.15, 0.2) is 33.6 Å². The van der Waals surface area contributed by atoms with Gasteiger partial charge in [-0.25, -0.2) is 8.42 Å². The number of benzene rings is 1. The van der Waals surface area contributed by atoms with Crippen LogP contribution in [0.5, 0.6) is 0 Å². The summed E-state index contributed by atoms with van der Waals surface area (Å²) in [6, 6.07) is 5.28. The van der Waals surface area contributed by atoms with Crippen molar-refractivity contribution < 1.29 is 13.2 Å². The lowest BCUT2D eigenvalue weighted by molar-refractivity contribution is -0.117. The van der Waals surface area contributed by atoms with Gasteiger partial charge in [0.2, 0.25) is 21.1 Å². The molecule has 1 unspecified atom stereocenters. The number of nitrogens with one attached hydrogen (secondary N) is 2. The van der Waals surface area contributed by atoms with Crippen LogP contribution in [0, 0.1) is 6.92 Å². The first-order chi connectivity index (χ1) is 10.8. The van der Waals surface area contributed by atoms with Gasteiger partial charge in [0.1, 0.15) is 11.0 Å². The average Bonchev–Trinajstić information content (AvgIpc) is 2.90. The summed E-state index contributed by atoms with van der Waals surface area (Å²) in [5, 5.41) is 11.2. The second kappa shape index (κ2) is 7.47. The van der Waals surface area contributed by atoms with Gasteiger partial charge < -0.3 is 0 Å². The van der Waals surface area contributed by atoms with E-state index < -0.39 is 22.0 Å². The van der Waals surface area contributed by atoms with Crippen molar-refractivity contribution in [3.05, 3.63) is 33.7 Å². The number of halogens is 1. The number of aromatic nitrogens is 2. The molecule has 0 saturated carbocycles. The molecule has 0 aliphatic rings. The fourth-order valence-corrected chi connectivity index (χ4v) is 3.87. The second-order valence-electron chi connectivity index (χ2n) is 4.65. The fraction of sp³-hybridized carbons (Fsp3) is 0.308. The number of carbonyl (C=O) groups is 1. The lowest BCUT2D eigenvalue weighted by Gasteiger charge is -2.16. The minimum absolute atomic E-state index is 0.0960. The number of aryl methyl sites for hydroxylation is 1. The number of hydrogen-bond donors (Lipinski definition) is 2. The van der Waals surface area contributed by atoms with E-state index in [9.17, 15) is 13.2 Å². The number of rotatable bonds is 6. The third kappa shape index (κ3) is 4.80. The van der Waals surface area contributed by atoms with Gasteiger partial charge in [-0.2, -0.15) is 4.72 Å². The first-order valence-electron chi connectivity index (χ1n) is 6.70. The van der Waals surface area contributed by atoms with Crippen LogP contribution >= 0.6 is 27.3 Å². The van der Waals surface area contributed by atoms with Crippen LogP contribution in [0.3, 0.4) is 0 Å². The predicted octanol–water partition coefficient (Wildman–Crippen LogP) is 2.30. The minimum Gasteiger partial charge on any atom is -0.299 e. The molecule has 2 rings (SSSR count). The van der Waals surface area contributed by atoms with Crippen molar-refractivity contribution >= 4 is 48.3 Å². The van der Waals surface area contributed by atoms with E-state index in [-0.39, 0.29) is 4.90 Å². The van der Waals surface area contributed by atoms with Gasteiger partial charge in [-0.3, -0.25) is 10.1 Å². The molecule has 0 bridgehead atoms. The third-order valence-electron chi connectivity index (χ3n) is 2.90. The molecule has 2 N–H and O–H groups in total. The number of anilines is 1. The van der Waals surface area contributed by atoms with Gasteiger partial charge in [0.15, 0.2) is 0 Å². The van der Waals surface area contributed by atoms with Gasteiger partial charge >= 0.3 is 0 Å². The Kier molecular flexibility index (Phi) is 5.84. The average molecular weight is 419 g/mol. The molecule has 1 heterocycles. The van der Waals surface area contributed by atoms with Gasteiger partial charge in [0.25, 0.3) is 0 Å². The Morgan fingerprint density at radius 1 is 1.30 bits per heavy atom. The van der Waals surface area contributed by atoms with Crippen molar-refractivity contribution in [3.8, 4) is 0 Å². The van der Waals surface area contributed by atoms with Crippen molar-refractivity contribution in [2.45, 2.75) is 31.2 Å². The van der Waals surface area contributed by atoms with Crippen molar-refractivity contribution in [3.63, 3.8) is 0 Å². The molecule has 124 valence electrons. The van der Waals surface area contributed by atoms with E-state index in [1.54, 1.807) is 26.0 Å². The predicted molar refractivity (Wildman–Crippen MR) is 91.8 cm³/mol. The lowest BCUT2D eigenvalue weighted by atomic mass is 10.2. The molecule has 1 aromatic heterocycles. The van der Waals surface area contributed by atoms with Crippen LogP contribution < -0.4 is 10.0 Å². The van der Waals surface area contributed by atoms with Gasteiger partial charge in [-0.1, -0.05) is 34.2 Å². The third-order valence-corrected chi connectivity index (χ3v) is 5.67. The Hall–Kier alpha value is -1.36. The highest BCUT2D eigenvalue weighted by molar-refractivity contribution is 9.10. The Bertz CT molecular complexity index is 790. The molecular formula is C13H15BrN4O3S2. The Labute approximate surface area is 146 Å². The summed E-state index contributed by atoms with van der Waals surface area (Å²) in [6.45, 7) is 3.49. The lowest BCUT2D eigenvalue weighted by Crippen LogP contribution is -2.43. The standard InChI is InChI=1S/C13H15BrN4O3S2/c1-3-11(12(19)15-13-17-16-8(2)22-13)18-23(20,21)10-6-4-9(14)5-7-10/h4-7,11,18H,3H2,1-2H3,(H,15,17,19). The largest absolute Gasteiger partial charge is 0.299 e. The number of carbonyl (C=O) groups excluding carboxylic acids is 1. The molecule has 7 nitrogen and oxygen atoms in total. The summed E-state index contributed by atoms with van der Waals surface area (Å²) in [5.74, 6) is -0.468. The summed E-state index contributed by atoms with van der Waals surface area (Å²) < 4.78 is 27.9. The van der Waals surface area contributed by atoms with Crippen LogP contribution in [0.1, 0.15) is 18.4 Å². The maximum Gasteiger partial charge on any atom is 0.244 e. The highest BCUT2D eigenvalue weighted by Crippen LogP contribution is 2.17. The second-order valence-corrected chi connectivity index (χ2v) is 8.46. The SMILES string of the molecule is CCC(NS(=O)(=O)c1ccc(Br)cc1)C(=O)Nc1nnc(C)s1. The van der Waals surface area contributed by atoms with E-state index in [1.165, 1.54) is 23.5 Å². The smallest absolute Gasteiger partial charge is 0.244 e. The molecule has 2 aromatic rings. The molecule has 23 heavy (non-hydrogen) atoms. The Morgan fingerprint density at radius 2 is 1.96 bits per heavy atom. The van der Waals surface area contributed by atoms with Gasteiger partial charge in [0, 0.05) is 4.47 Å². The maximum atomic E-state index is 12.3. The normalized spacial score (nSPS) is 12.8. The van der Waals surface area contributed by atoms with E-state index in [2.05, 4.69) is 36.2 Å². The van der Waals surface area contributed by atoms with E-state index in [0.29, 0.717) is 16.6 Å². The molecule has 0 aliphatic heterocycles. The Morgan fingerprint density at radius 3 is 2.48 bits per heavy atom. The van der Waals surface area contributed by atoms with Crippen LogP contribution in [0.2, 0.25) is 0 Å². The zero-order valence-electron chi connectivity index (χ0n) is 12.4. The maximum absolute atomic E-state index is 12.3. The van der Waals surface area contributed by atoms with Crippen LogP contribution in [0.25, 0.3) is 0 Å². The van der Waals surface area contributed by atoms with Crippen LogP contribution in [-0.2, 0) is 14.8 Å². The van der Waals surface area contributed by atoms with E-state index >= 15 is 0 Å². The number of sulfonamides is 1. The number of nitrogens with zero attached hydrogens (tertiary/aromatic N) is 2. The monoisotopic (exact) mass is 418 g/mol. The molecule has 10 heteroatoms. The minimum atomic E-state index is -3.78. The first kappa shape index (κ1) is 18.0. The Balaban J connectivity index is 2.11. The number of hydrogen-bond acceptors (Lipinski definition) is 6. The topological polar surface area (TPSA) is 101 Å². The molecule has 0 fully saturated rings. The van der Waals surface area contributed by atoms with Crippen molar-refractivity contribution in [2.75, 3.05) is 5.32 Å². The zero-order chi connectivity index (χ0) is 17.0. The molecule has 0 radical (unpaired) electrons. The molecule has 1 amide bonds. The summed E-state index contributed by atoms with van der Waals surface area (Å²) >= 11 is 4.47. The van der Waals surface area contributed by atoms with Crippen LogP contribution in [0.4, 0.5) is 5.13 Å². The molecule has 0 aliphatic carbocycles. The summed E-state index contributed by atoms with van der Waals surface area (Å²) in [5.41, 5.74) is 0. The van der Waals surface area contributed by atoms with Crippen molar-refractivity contribution in [1.82, 2.24) is 14.9 Å². The van der Waals surface area contributed by atoms with Crippen molar-refractivity contribution in [2.24, 2.45) is 0 Å². The molecule has 0 saturated heterocycles. The van der Waals surface area contributed by atoms with Crippen molar-refractivity contribution in [1.29, 1.82) is 0 Å². The van der Waals surface area contributed by atoms with Crippen LogP contribution in [-0.4, -0.2) is 30.6 Å². The quantitative estimate of drug-likeness (QED) is 0.749.